The van der Waals surface area contributed by atoms with Crippen LogP contribution in [0.25, 0.3) is 185 Å². The summed E-state index contributed by atoms with van der Waals surface area (Å²) in [5.41, 5.74) is 35.9. The molecule has 0 spiro atoms. The summed E-state index contributed by atoms with van der Waals surface area (Å²) in [5.74, 6) is 0. The molecule has 2 heterocycles. The van der Waals surface area contributed by atoms with Crippen molar-refractivity contribution in [1.82, 2.24) is 0 Å². The number of fused-ring (bicyclic) bond motifs is 7. The smallest absolute Gasteiger partial charge is 0.0462 e. The molecule has 0 atom stereocenters. The first-order valence-electron chi connectivity index (χ1n) is 43.7. The van der Waals surface area contributed by atoms with Gasteiger partial charge in [0.15, 0.2) is 0 Å². The highest BCUT2D eigenvalue weighted by Gasteiger charge is 2.21. The predicted molar refractivity (Wildman–Crippen MR) is 551 cm³/mol. The van der Waals surface area contributed by atoms with Gasteiger partial charge in [-0.2, -0.15) is 0 Å². The number of hydrogen-bond acceptors (Lipinski definition) is 4. The van der Waals surface area contributed by atoms with Gasteiger partial charge >= 0.3 is 0 Å². The molecule has 0 bridgehead atoms. The Hall–Kier alpha value is -16.1. The molecular formula is C124H84N2S2. The topological polar surface area (TPSA) is 6.48 Å². The minimum atomic E-state index is 1.10. The molecule has 602 valence electrons. The van der Waals surface area contributed by atoms with Crippen LogP contribution in [0.5, 0.6) is 0 Å². The standard InChI is InChI=1S/C64H43NS.C60H41NS/c1-3-13-44(14-4-1)47-31-37-54(38-32-47)65(55-39-33-48(34-40-55)45-15-5-2-6-16-45)56-41-35-49(36-42-56)46-27-29-50(30-28-46)52-19-9-20-53(43-52)58-22-11-25-61-62-26-12-24-60(64(62)66-63(58)61)59-23-10-18-51-17-7-8-21-57(51)59;1-4-13-42(14-5-1)45-29-35-52(36-30-45)61(53-37-31-46(32-38-53)43-15-6-2-7-16-43)54-39-33-47(34-40-54)44-25-27-48(28-26-44)50-19-10-20-51(41-50)56-22-12-24-58-57-23-11-21-55(59(57)62-60(56)58)49-17-8-3-9-18-49/h1-43H;1-41H. The maximum atomic E-state index is 2.35. The third-order valence-electron chi connectivity index (χ3n) is 24.8. The van der Waals surface area contributed by atoms with E-state index in [1.54, 1.807) is 0 Å². The average Bonchev–Trinajstić information content (AvgIpc) is 1.59. The molecule has 21 aromatic carbocycles. The molecule has 23 rings (SSSR count). The zero-order chi connectivity index (χ0) is 85.1. The van der Waals surface area contributed by atoms with E-state index in [9.17, 15) is 0 Å². The van der Waals surface area contributed by atoms with Crippen LogP contribution in [0.4, 0.5) is 34.1 Å². The lowest BCUT2D eigenvalue weighted by Crippen LogP contribution is -2.09. The fraction of sp³-hybridized carbons (Fsp3) is 0. The zero-order valence-corrected chi connectivity index (χ0v) is 71.8. The molecule has 0 aliphatic heterocycles. The van der Waals surface area contributed by atoms with Gasteiger partial charge in [0.2, 0.25) is 0 Å². The van der Waals surface area contributed by atoms with Crippen molar-refractivity contribution in [1.29, 1.82) is 0 Å². The molecule has 0 saturated carbocycles. The van der Waals surface area contributed by atoms with Crippen LogP contribution in [0, 0.1) is 0 Å². The van der Waals surface area contributed by atoms with Gasteiger partial charge < -0.3 is 9.80 Å². The van der Waals surface area contributed by atoms with Crippen molar-refractivity contribution in [2.24, 2.45) is 0 Å². The molecule has 128 heavy (non-hydrogen) atoms. The lowest BCUT2D eigenvalue weighted by atomic mass is 9.95. The third kappa shape index (κ3) is 15.6. The highest BCUT2D eigenvalue weighted by Crippen LogP contribution is 2.49. The average molecular weight is 1670 g/mol. The number of rotatable bonds is 18. The second-order valence-electron chi connectivity index (χ2n) is 32.6. The molecule has 0 unspecified atom stereocenters. The fourth-order valence-corrected chi connectivity index (χ4v) is 21.0. The largest absolute Gasteiger partial charge is 0.311 e. The van der Waals surface area contributed by atoms with E-state index in [1.807, 2.05) is 22.7 Å². The van der Waals surface area contributed by atoms with Crippen LogP contribution in [0.2, 0.25) is 0 Å². The number of benzene rings is 21. The highest BCUT2D eigenvalue weighted by atomic mass is 32.1. The van der Waals surface area contributed by atoms with Crippen LogP contribution in [-0.4, -0.2) is 0 Å². The molecule has 0 saturated heterocycles. The molecule has 0 radical (unpaired) electrons. The van der Waals surface area contributed by atoms with E-state index in [2.05, 4.69) is 519 Å². The minimum absolute atomic E-state index is 1.10. The van der Waals surface area contributed by atoms with E-state index in [0.717, 1.165) is 34.1 Å². The summed E-state index contributed by atoms with van der Waals surface area (Å²) in [6.07, 6.45) is 0. The van der Waals surface area contributed by atoms with Crippen molar-refractivity contribution in [2.45, 2.75) is 0 Å². The van der Waals surface area contributed by atoms with Crippen molar-refractivity contribution >= 4 is 108 Å². The summed E-state index contributed by atoms with van der Waals surface area (Å²) in [6.45, 7) is 0. The van der Waals surface area contributed by atoms with E-state index < -0.39 is 0 Å². The molecule has 2 aromatic heterocycles. The Kier molecular flexibility index (Phi) is 21.3. The maximum absolute atomic E-state index is 2.35. The van der Waals surface area contributed by atoms with E-state index in [1.165, 1.54) is 185 Å². The second kappa shape index (κ2) is 34.9. The molecule has 0 N–H and O–H groups in total. The Labute approximate surface area is 755 Å². The molecule has 0 aliphatic carbocycles. The molecular weight excluding hydrogens is 1580 g/mol. The maximum Gasteiger partial charge on any atom is 0.0462 e. The van der Waals surface area contributed by atoms with Gasteiger partial charge in [0.05, 0.1) is 0 Å². The van der Waals surface area contributed by atoms with Crippen LogP contribution in [-0.2, 0) is 0 Å². The quantitative estimate of drug-likeness (QED) is 0.0845. The SMILES string of the molecule is c1ccc(-c2ccc(N(c3ccc(-c4ccccc4)cc3)c3ccc(-c4ccc(-c5cccc(-c6cccc7c6sc6c(-c8cccc9ccccc89)cccc67)c5)cc4)cc3)cc2)cc1.c1ccc(-c2ccc(N(c3ccc(-c4ccccc4)cc3)c3ccc(-c4ccc(-c5cccc(-c6cccc7c6sc6c(-c8ccccc8)cccc67)c5)cc4)cc3)cc2)cc1. The summed E-state index contributed by atoms with van der Waals surface area (Å²) in [7, 11) is 0. The Morgan fingerprint density at radius 2 is 0.305 bits per heavy atom. The molecule has 0 aliphatic rings. The van der Waals surface area contributed by atoms with E-state index >= 15 is 0 Å². The second-order valence-corrected chi connectivity index (χ2v) is 34.6. The van der Waals surface area contributed by atoms with Crippen molar-refractivity contribution in [3.63, 3.8) is 0 Å². The zero-order valence-electron chi connectivity index (χ0n) is 70.2. The van der Waals surface area contributed by atoms with Crippen molar-refractivity contribution in [2.75, 3.05) is 9.80 Å². The highest BCUT2D eigenvalue weighted by molar-refractivity contribution is 7.27. The van der Waals surface area contributed by atoms with E-state index in [0.29, 0.717) is 0 Å². The van der Waals surface area contributed by atoms with Crippen LogP contribution >= 0.6 is 22.7 Å². The monoisotopic (exact) mass is 1660 g/mol. The number of thiophene rings is 2. The first kappa shape index (κ1) is 77.9. The first-order valence-corrected chi connectivity index (χ1v) is 45.4. The van der Waals surface area contributed by atoms with E-state index in [4.69, 9.17) is 0 Å². The number of anilines is 6. The molecule has 4 heteroatoms. The summed E-state index contributed by atoms with van der Waals surface area (Å²) in [5, 5.41) is 7.79. The normalized spacial score (nSPS) is 11.3. The number of hydrogen-bond donors (Lipinski definition) is 0. The lowest BCUT2D eigenvalue weighted by Gasteiger charge is -2.26. The van der Waals surface area contributed by atoms with Crippen LogP contribution in [0.3, 0.4) is 0 Å². The Balaban J connectivity index is 0.000000151. The van der Waals surface area contributed by atoms with Gasteiger partial charge in [-0.05, 0) is 224 Å². The van der Waals surface area contributed by atoms with Gasteiger partial charge in [-0.15, -0.1) is 22.7 Å². The molecule has 23 aromatic rings. The summed E-state index contributed by atoms with van der Waals surface area (Å²) >= 11 is 3.81. The fourth-order valence-electron chi connectivity index (χ4n) is 18.3. The van der Waals surface area contributed by atoms with Gasteiger partial charge in [-0.1, -0.05) is 425 Å². The summed E-state index contributed by atoms with van der Waals surface area (Å²) in [6, 6.07) is 185. The minimum Gasteiger partial charge on any atom is -0.311 e. The third-order valence-corrected chi connectivity index (χ3v) is 27.4. The van der Waals surface area contributed by atoms with Crippen LogP contribution in [0.15, 0.2) is 510 Å². The van der Waals surface area contributed by atoms with Crippen LogP contribution < -0.4 is 9.80 Å². The molecule has 0 amide bonds. The van der Waals surface area contributed by atoms with Crippen molar-refractivity contribution in [3.8, 4) is 134 Å². The predicted octanol–water partition coefficient (Wildman–Crippen LogP) is 36.2. The van der Waals surface area contributed by atoms with Gasteiger partial charge in [0, 0.05) is 80.0 Å². The summed E-state index contributed by atoms with van der Waals surface area (Å²) in [4.78, 5) is 4.68. The Morgan fingerprint density at radius 1 is 0.117 bits per heavy atom. The van der Waals surface area contributed by atoms with E-state index in [-0.39, 0.29) is 0 Å². The molecule has 0 fully saturated rings. The van der Waals surface area contributed by atoms with Crippen LogP contribution in [0.1, 0.15) is 0 Å². The lowest BCUT2D eigenvalue weighted by molar-refractivity contribution is 1.28. The van der Waals surface area contributed by atoms with Gasteiger partial charge in [-0.25, -0.2) is 0 Å². The Bertz CT molecular complexity index is 7700. The molecule has 2 nitrogen and oxygen atoms in total. The van der Waals surface area contributed by atoms with Gasteiger partial charge in [0.25, 0.3) is 0 Å². The Morgan fingerprint density at radius 3 is 0.617 bits per heavy atom. The number of nitrogens with zero attached hydrogens (tertiary/aromatic N) is 2. The van der Waals surface area contributed by atoms with Crippen molar-refractivity contribution in [3.05, 3.63) is 510 Å². The van der Waals surface area contributed by atoms with Gasteiger partial charge in [0.1, 0.15) is 0 Å². The summed E-state index contributed by atoms with van der Waals surface area (Å²) < 4.78 is 5.32. The first-order chi connectivity index (χ1) is 63.4. The van der Waals surface area contributed by atoms with Crippen molar-refractivity contribution < 1.29 is 0 Å². The van der Waals surface area contributed by atoms with Gasteiger partial charge in [-0.3, -0.25) is 0 Å².